The van der Waals surface area contributed by atoms with E-state index in [1.807, 2.05) is 12.1 Å². The summed E-state index contributed by atoms with van der Waals surface area (Å²) in [5.41, 5.74) is 0.652. The summed E-state index contributed by atoms with van der Waals surface area (Å²) in [6.07, 6.45) is 4.85. The van der Waals surface area contributed by atoms with Crippen molar-refractivity contribution in [2.24, 2.45) is 0 Å². The van der Waals surface area contributed by atoms with E-state index in [2.05, 4.69) is 25.9 Å². The van der Waals surface area contributed by atoms with Crippen molar-refractivity contribution >= 4 is 11.5 Å². The topological polar surface area (TPSA) is 77.2 Å². The van der Waals surface area contributed by atoms with Crippen molar-refractivity contribution in [2.45, 2.75) is 37.8 Å². The molecule has 7 heteroatoms. The van der Waals surface area contributed by atoms with E-state index >= 15 is 0 Å². The maximum Gasteiger partial charge on any atom is 0.200 e. The summed E-state index contributed by atoms with van der Waals surface area (Å²) in [6.45, 7) is 0. The van der Waals surface area contributed by atoms with Gasteiger partial charge in [0.15, 0.2) is 5.65 Å². The summed E-state index contributed by atoms with van der Waals surface area (Å²) in [4.78, 5) is 0. The highest BCUT2D eigenvalue weighted by atomic mass is 16.5. The number of rotatable bonds is 3. The number of ether oxygens (including phenoxy) is 1. The Morgan fingerprint density at radius 2 is 2.33 bits per heavy atom. The number of nitrogens with one attached hydrogen (secondary N) is 1. The van der Waals surface area contributed by atoms with Crippen LogP contribution in [0.1, 0.15) is 25.7 Å². The fraction of sp³-hybridized carbons (Fsp3) is 0.636. The summed E-state index contributed by atoms with van der Waals surface area (Å²) < 4.78 is 6.85. The molecule has 0 amide bonds. The molecule has 0 spiro atoms. The molecule has 1 N–H and O–H groups in total. The van der Waals surface area contributed by atoms with Gasteiger partial charge in [0, 0.05) is 13.2 Å². The zero-order valence-electron chi connectivity index (χ0n) is 10.3. The zero-order chi connectivity index (χ0) is 12.4. The van der Waals surface area contributed by atoms with E-state index in [9.17, 15) is 0 Å². The van der Waals surface area contributed by atoms with E-state index in [0.717, 1.165) is 25.1 Å². The molecule has 7 nitrogen and oxygen atoms in total. The average molecular weight is 248 g/mol. The molecule has 3 rings (SSSR count). The molecule has 1 saturated carbocycles. The Labute approximate surface area is 105 Å². The van der Waals surface area contributed by atoms with E-state index in [4.69, 9.17) is 4.74 Å². The number of hydrogen-bond acceptors (Lipinski definition) is 6. The minimum Gasteiger partial charge on any atom is -0.381 e. The molecular formula is C11H16N6O. The lowest BCUT2D eigenvalue weighted by Crippen LogP contribution is -2.31. The predicted molar refractivity (Wildman–Crippen MR) is 65.3 cm³/mol. The van der Waals surface area contributed by atoms with Crippen molar-refractivity contribution in [1.82, 2.24) is 25.3 Å². The number of hydrogen-bond donors (Lipinski definition) is 1. The standard InChI is InChI=1S/C11H16N6O/c1-18-9-4-2-3-8(7-9)12-10-5-6-11-13-15-16-17(11)14-10/h5-6,8-9H,2-4,7H2,1H3,(H,12,14). The molecular weight excluding hydrogens is 232 g/mol. The lowest BCUT2D eigenvalue weighted by molar-refractivity contribution is 0.0669. The molecule has 2 aromatic heterocycles. The Bertz CT molecular complexity index is 527. The van der Waals surface area contributed by atoms with Crippen LogP contribution in [-0.4, -0.2) is 44.5 Å². The zero-order valence-corrected chi connectivity index (χ0v) is 10.3. The van der Waals surface area contributed by atoms with Crippen LogP contribution >= 0.6 is 0 Å². The van der Waals surface area contributed by atoms with Crippen LogP contribution in [0.15, 0.2) is 12.1 Å². The number of tetrazole rings is 1. The van der Waals surface area contributed by atoms with Gasteiger partial charge in [0.2, 0.25) is 0 Å². The predicted octanol–water partition coefficient (Wildman–Crippen LogP) is 0.889. The van der Waals surface area contributed by atoms with E-state index in [-0.39, 0.29) is 0 Å². The molecule has 2 unspecified atom stereocenters. The summed E-state index contributed by atoms with van der Waals surface area (Å²) in [7, 11) is 1.78. The highest BCUT2D eigenvalue weighted by Gasteiger charge is 2.21. The Morgan fingerprint density at radius 3 is 3.22 bits per heavy atom. The maximum atomic E-state index is 5.42. The van der Waals surface area contributed by atoms with Crippen molar-refractivity contribution in [2.75, 3.05) is 12.4 Å². The van der Waals surface area contributed by atoms with Crippen LogP contribution < -0.4 is 5.32 Å². The van der Waals surface area contributed by atoms with Gasteiger partial charge in [-0.2, -0.15) is 0 Å². The van der Waals surface area contributed by atoms with Gasteiger partial charge in [-0.15, -0.1) is 14.8 Å². The first-order valence-corrected chi connectivity index (χ1v) is 6.20. The normalized spacial score (nSPS) is 24.3. The molecule has 18 heavy (non-hydrogen) atoms. The van der Waals surface area contributed by atoms with Crippen LogP contribution in [0.5, 0.6) is 0 Å². The van der Waals surface area contributed by atoms with Crippen LogP contribution in [0.2, 0.25) is 0 Å². The quantitative estimate of drug-likeness (QED) is 0.869. The number of anilines is 1. The van der Waals surface area contributed by atoms with Crippen LogP contribution in [0, 0.1) is 0 Å². The van der Waals surface area contributed by atoms with Crippen LogP contribution in [0.25, 0.3) is 5.65 Å². The van der Waals surface area contributed by atoms with Gasteiger partial charge in [0.25, 0.3) is 0 Å². The van der Waals surface area contributed by atoms with Crippen LogP contribution in [-0.2, 0) is 4.74 Å². The minimum absolute atomic E-state index is 0.355. The average Bonchev–Trinajstić information content (AvgIpc) is 2.86. The van der Waals surface area contributed by atoms with Gasteiger partial charge in [-0.3, -0.25) is 0 Å². The third kappa shape index (κ3) is 2.26. The number of methoxy groups -OCH3 is 1. The first-order valence-electron chi connectivity index (χ1n) is 6.20. The molecule has 2 heterocycles. The van der Waals surface area contributed by atoms with E-state index in [0.29, 0.717) is 17.8 Å². The van der Waals surface area contributed by atoms with E-state index in [1.165, 1.54) is 11.1 Å². The molecule has 1 aliphatic carbocycles. The third-order valence-electron chi connectivity index (χ3n) is 3.38. The van der Waals surface area contributed by atoms with Crippen molar-refractivity contribution in [1.29, 1.82) is 0 Å². The SMILES string of the molecule is COC1CCCC(Nc2ccc3nnnn3n2)C1. The second-order valence-corrected chi connectivity index (χ2v) is 4.61. The van der Waals surface area contributed by atoms with E-state index in [1.54, 1.807) is 7.11 Å². The summed E-state index contributed by atoms with van der Waals surface area (Å²) in [6, 6.07) is 4.17. The summed E-state index contributed by atoms with van der Waals surface area (Å²) in [5, 5.41) is 18.9. The van der Waals surface area contributed by atoms with Crippen LogP contribution in [0.3, 0.4) is 0 Å². The van der Waals surface area contributed by atoms with Crippen LogP contribution in [0.4, 0.5) is 5.82 Å². The minimum atomic E-state index is 0.355. The van der Waals surface area contributed by atoms with Crippen molar-refractivity contribution < 1.29 is 4.74 Å². The molecule has 0 radical (unpaired) electrons. The van der Waals surface area contributed by atoms with Crippen molar-refractivity contribution in [3.05, 3.63) is 12.1 Å². The molecule has 2 aromatic rings. The first kappa shape index (κ1) is 11.3. The molecule has 96 valence electrons. The fourth-order valence-electron chi connectivity index (χ4n) is 2.43. The fourth-order valence-corrected chi connectivity index (χ4v) is 2.43. The van der Waals surface area contributed by atoms with Gasteiger partial charge < -0.3 is 10.1 Å². The molecule has 2 atom stereocenters. The lowest BCUT2D eigenvalue weighted by atomic mass is 9.93. The first-order chi connectivity index (χ1) is 8.85. The Kier molecular flexibility index (Phi) is 3.06. The van der Waals surface area contributed by atoms with Crippen molar-refractivity contribution in [3.8, 4) is 0 Å². The molecule has 1 aliphatic rings. The second kappa shape index (κ2) is 4.85. The van der Waals surface area contributed by atoms with Gasteiger partial charge >= 0.3 is 0 Å². The summed E-state index contributed by atoms with van der Waals surface area (Å²) >= 11 is 0. The number of fused-ring (bicyclic) bond motifs is 1. The molecule has 0 saturated heterocycles. The molecule has 0 bridgehead atoms. The Morgan fingerprint density at radius 1 is 1.39 bits per heavy atom. The van der Waals surface area contributed by atoms with Crippen molar-refractivity contribution in [3.63, 3.8) is 0 Å². The van der Waals surface area contributed by atoms with Gasteiger partial charge in [-0.05, 0) is 48.2 Å². The van der Waals surface area contributed by atoms with Gasteiger partial charge in [-0.25, -0.2) is 0 Å². The van der Waals surface area contributed by atoms with Gasteiger partial charge in [0.05, 0.1) is 6.10 Å². The smallest absolute Gasteiger partial charge is 0.200 e. The summed E-state index contributed by atoms with van der Waals surface area (Å²) in [5.74, 6) is 0.802. The van der Waals surface area contributed by atoms with Gasteiger partial charge in [-0.1, -0.05) is 0 Å². The highest BCUT2D eigenvalue weighted by molar-refractivity contribution is 5.42. The largest absolute Gasteiger partial charge is 0.381 e. The maximum absolute atomic E-state index is 5.42. The third-order valence-corrected chi connectivity index (χ3v) is 3.38. The molecule has 1 fully saturated rings. The van der Waals surface area contributed by atoms with Gasteiger partial charge in [0.1, 0.15) is 5.82 Å². The van der Waals surface area contributed by atoms with E-state index < -0.39 is 0 Å². The monoisotopic (exact) mass is 248 g/mol. The Balaban J connectivity index is 1.71. The molecule has 0 aliphatic heterocycles. The molecule has 0 aromatic carbocycles. The lowest BCUT2D eigenvalue weighted by Gasteiger charge is -2.28. The Hall–Kier alpha value is -1.76. The second-order valence-electron chi connectivity index (χ2n) is 4.61. The number of nitrogens with zero attached hydrogens (tertiary/aromatic N) is 5. The number of aromatic nitrogens is 5. The highest BCUT2D eigenvalue weighted by Crippen LogP contribution is 2.23.